The number of carbonyl (C=O) groups is 2. The van der Waals surface area contributed by atoms with Crippen LogP contribution >= 0.6 is 0 Å². The monoisotopic (exact) mass is 406 g/mol. The first kappa shape index (κ1) is 20.9. The smallest absolute Gasteiger partial charge is 0.431 e. The van der Waals surface area contributed by atoms with Crippen molar-refractivity contribution in [2.45, 2.75) is 56.8 Å². The molecule has 2 bridgehead atoms. The van der Waals surface area contributed by atoms with Gasteiger partial charge in [0.05, 0.1) is 18.4 Å². The standard InChI is InChI=1S/C14H18F4O7S/c1-10(2)11(3)4-5-12(10,25-8(11)19)9(20)24-7-6-13(15,16)14(17,18)26(21,22)23/h4-7H2,1-3H3,(H,21,22,23). The van der Waals surface area contributed by atoms with Crippen LogP contribution < -0.4 is 0 Å². The number of hydrogen-bond acceptors (Lipinski definition) is 6. The molecule has 2 atom stereocenters. The second-order valence-electron chi connectivity index (χ2n) is 7.26. The van der Waals surface area contributed by atoms with E-state index < -0.39 is 62.7 Å². The molecule has 1 saturated carbocycles. The lowest BCUT2D eigenvalue weighted by Gasteiger charge is -2.34. The van der Waals surface area contributed by atoms with Gasteiger partial charge in [-0.1, -0.05) is 13.8 Å². The Morgan fingerprint density at radius 2 is 1.77 bits per heavy atom. The number of rotatable bonds is 6. The van der Waals surface area contributed by atoms with E-state index in [1.165, 1.54) is 0 Å². The Labute approximate surface area is 146 Å². The summed E-state index contributed by atoms with van der Waals surface area (Å²) in [6.07, 6.45) is -1.48. The van der Waals surface area contributed by atoms with Crippen LogP contribution in [0.15, 0.2) is 0 Å². The van der Waals surface area contributed by atoms with E-state index in [0.717, 1.165) is 0 Å². The van der Waals surface area contributed by atoms with Gasteiger partial charge in [-0.15, -0.1) is 0 Å². The Kier molecular flexibility index (Phi) is 4.45. The van der Waals surface area contributed by atoms with E-state index in [1.54, 1.807) is 20.8 Å². The third-order valence-corrected chi connectivity index (χ3v) is 6.76. The highest BCUT2D eigenvalue weighted by molar-refractivity contribution is 7.87. The Balaban J connectivity index is 2.10. The number of carbonyl (C=O) groups excluding carboxylic acids is 2. The van der Waals surface area contributed by atoms with Crippen LogP contribution in [0.5, 0.6) is 0 Å². The molecule has 0 aromatic rings. The number of fused-ring (bicyclic) bond motifs is 2. The molecule has 2 aliphatic rings. The summed E-state index contributed by atoms with van der Waals surface area (Å²) < 4.78 is 91.9. The van der Waals surface area contributed by atoms with Crippen molar-refractivity contribution >= 4 is 22.1 Å². The van der Waals surface area contributed by atoms with Crippen LogP contribution in [0.3, 0.4) is 0 Å². The fourth-order valence-electron chi connectivity index (χ4n) is 3.42. The first-order chi connectivity index (χ1) is 11.5. The van der Waals surface area contributed by atoms with Crippen LogP contribution in [0.4, 0.5) is 17.6 Å². The van der Waals surface area contributed by atoms with Crippen molar-refractivity contribution in [3.8, 4) is 0 Å². The maximum atomic E-state index is 13.4. The molecular formula is C14H18F4O7S. The van der Waals surface area contributed by atoms with E-state index in [9.17, 15) is 35.6 Å². The number of ether oxygens (including phenoxy) is 2. The number of esters is 2. The van der Waals surface area contributed by atoms with Crippen molar-refractivity contribution in [1.29, 1.82) is 0 Å². The molecule has 1 aliphatic heterocycles. The van der Waals surface area contributed by atoms with Gasteiger partial charge in [0, 0.05) is 5.41 Å². The first-order valence-corrected chi connectivity index (χ1v) is 9.04. The SMILES string of the molecule is CC12CCC(C(=O)OCCC(F)(F)C(F)(F)S(=O)(=O)O)(OC1=O)C2(C)C. The summed E-state index contributed by atoms with van der Waals surface area (Å²) in [7, 11) is -6.36. The van der Waals surface area contributed by atoms with Crippen molar-refractivity contribution in [2.24, 2.45) is 10.8 Å². The van der Waals surface area contributed by atoms with Crippen LogP contribution in [-0.2, 0) is 29.2 Å². The van der Waals surface area contributed by atoms with Crippen LogP contribution in [0.25, 0.3) is 0 Å². The zero-order valence-electron chi connectivity index (χ0n) is 14.1. The Morgan fingerprint density at radius 3 is 2.15 bits per heavy atom. The van der Waals surface area contributed by atoms with E-state index in [0.29, 0.717) is 6.42 Å². The predicted octanol–water partition coefficient (Wildman–Crippen LogP) is 2.16. The highest BCUT2D eigenvalue weighted by atomic mass is 32.2. The Morgan fingerprint density at radius 1 is 1.23 bits per heavy atom. The lowest BCUT2D eigenvalue weighted by Crippen LogP contribution is -2.50. The van der Waals surface area contributed by atoms with E-state index in [4.69, 9.17) is 9.29 Å². The Hall–Kier alpha value is -1.43. The van der Waals surface area contributed by atoms with Crippen molar-refractivity contribution < 1.29 is 49.6 Å². The molecule has 0 aromatic heterocycles. The van der Waals surface area contributed by atoms with Crippen molar-refractivity contribution in [1.82, 2.24) is 0 Å². The molecule has 0 aromatic carbocycles. The second-order valence-corrected chi connectivity index (χ2v) is 8.72. The molecule has 2 unspecified atom stereocenters. The van der Waals surface area contributed by atoms with E-state index >= 15 is 0 Å². The van der Waals surface area contributed by atoms with Crippen molar-refractivity contribution in [3.63, 3.8) is 0 Å². The quantitative estimate of drug-likeness (QED) is 0.409. The van der Waals surface area contributed by atoms with Crippen LogP contribution in [0.2, 0.25) is 0 Å². The maximum Gasteiger partial charge on any atom is 0.431 e. The van der Waals surface area contributed by atoms with Gasteiger partial charge in [-0.3, -0.25) is 9.35 Å². The summed E-state index contributed by atoms with van der Waals surface area (Å²) >= 11 is 0. The normalized spacial score (nSPS) is 31.0. The van der Waals surface area contributed by atoms with Gasteiger partial charge in [0.25, 0.3) is 0 Å². The molecular weight excluding hydrogens is 388 g/mol. The van der Waals surface area contributed by atoms with E-state index in [1.807, 2.05) is 0 Å². The lowest BCUT2D eigenvalue weighted by atomic mass is 9.66. The average molecular weight is 406 g/mol. The molecule has 1 saturated heterocycles. The molecule has 0 radical (unpaired) electrons. The third kappa shape index (κ3) is 2.44. The molecule has 2 rings (SSSR count). The summed E-state index contributed by atoms with van der Waals surface area (Å²) in [5.41, 5.74) is -3.72. The summed E-state index contributed by atoms with van der Waals surface area (Å²) in [5, 5.41) is -5.74. The topological polar surface area (TPSA) is 107 Å². The fraction of sp³-hybridized carbons (Fsp3) is 0.857. The summed E-state index contributed by atoms with van der Waals surface area (Å²) in [4.78, 5) is 24.4. The average Bonchev–Trinajstić information content (AvgIpc) is 2.76. The maximum absolute atomic E-state index is 13.4. The minimum absolute atomic E-state index is 0.0820. The first-order valence-electron chi connectivity index (χ1n) is 7.60. The summed E-state index contributed by atoms with van der Waals surface area (Å²) in [5.74, 6) is -6.98. The van der Waals surface area contributed by atoms with Gasteiger partial charge >= 0.3 is 33.2 Å². The van der Waals surface area contributed by atoms with Gasteiger partial charge in [0.2, 0.25) is 5.60 Å². The number of halogens is 4. The molecule has 0 amide bonds. The van der Waals surface area contributed by atoms with Gasteiger partial charge in [-0.25, -0.2) is 4.79 Å². The van der Waals surface area contributed by atoms with Crippen LogP contribution in [0, 0.1) is 10.8 Å². The van der Waals surface area contributed by atoms with Gasteiger partial charge in [0.1, 0.15) is 0 Å². The van der Waals surface area contributed by atoms with Crippen molar-refractivity contribution in [2.75, 3.05) is 6.61 Å². The highest BCUT2D eigenvalue weighted by Gasteiger charge is 2.76. The minimum atomic E-state index is -6.36. The molecule has 26 heavy (non-hydrogen) atoms. The molecule has 1 N–H and O–H groups in total. The van der Waals surface area contributed by atoms with Crippen LogP contribution in [0.1, 0.15) is 40.0 Å². The van der Waals surface area contributed by atoms with E-state index in [2.05, 4.69) is 4.74 Å². The number of hydrogen-bond donors (Lipinski definition) is 1. The molecule has 1 aliphatic carbocycles. The summed E-state index contributed by atoms with van der Waals surface area (Å²) in [6.45, 7) is 3.49. The molecule has 2 fully saturated rings. The molecule has 7 nitrogen and oxygen atoms in total. The molecule has 150 valence electrons. The zero-order valence-corrected chi connectivity index (χ0v) is 15.0. The predicted molar refractivity (Wildman–Crippen MR) is 77.0 cm³/mol. The fourth-order valence-corrected chi connectivity index (χ4v) is 3.90. The largest absolute Gasteiger partial charge is 0.462 e. The second kappa shape index (κ2) is 5.54. The Bertz CT molecular complexity index is 748. The molecule has 1 heterocycles. The zero-order chi connectivity index (χ0) is 20.4. The molecule has 0 spiro atoms. The minimum Gasteiger partial charge on any atom is -0.462 e. The summed E-state index contributed by atoms with van der Waals surface area (Å²) in [6, 6.07) is 0. The number of alkyl halides is 4. The third-order valence-electron chi connectivity index (χ3n) is 5.81. The lowest BCUT2D eigenvalue weighted by molar-refractivity contribution is -0.191. The van der Waals surface area contributed by atoms with Gasteiger partial charge < -0.3 is 9.47 Å². The molecule has 12 heteroatoms. The van der Waals surface area contributed by atoms with Crippen LogP contribution in [-0.4, -0.2) is 48.3 Å². The van der Waals surface area contributed by atoms with E-state index in [-0.39, 0.29) is 6.42 Å². The highest BCUT2D eigenvalue weighted by Crippen LogP contribution is 2.65. The van der Waals surface area contributed by atoms with Gasteiger partial charge in [-0.2, -0.15) is 26.0 Å². The van der Waals surface area contributed by atoms with Crippen molar-refractivity contribution in [3.05, 3.63) is 0 Å². The van der Waals surface area contributed by atoms with Gasteiger partial charge in [-0.05, 0) is 19.8 Å². The van der Waals surface area contributed by atoms with Gasteiger partial charge in [0.15, 0.2) is 0 Å².